The molecule has 2 aromatic heterocycles. The van der Waals surface area contributed by atoms with Gasteiger partial charge in [0.1, 0.15) is 5.75 Å². The Morgan fingerprint density at radius 2 is 1.87 bits per heavy atom. The summed E-state index contributed by atoms with van der Waals surface area (Å²) in [6.45, 7) is 0. The van der Waals surface area contributed by atoms with E-state index in [1.165, 1.54) is 32.9 Å². The molecule has 0 bridgehead atoms. The van der Waals surface area contributed by atoms with Gasteiger partial charge in [-0.3, -0.25) is 9.36 Å². The van der Waals surface area contributed by atoms with Gasteiger partial charge < -0.3 is 5.11 Å². The molecule has 1 N–H and O–H groups in total. The van der Waals surface area contributed by atoms with Crippen LogP contribution in [0.3, 0.4) is 0 Å². The van der Waals surface area contributed by atoms with Crippen molar-refractivity contribution in [3.05, 3.63) is 113 Å². The molecule has 1 unspecified atom stereocenters. The highest BCUT2D eigenvalue weighted by Gasteiger charge is 2.32. The second-order valence-corrected chi connectivity index (χ2v) is 9.71. The maximum absolute atomic E-state index is 13.5. The van der Waals surface area contributed by atoms with Crippen molar-refractivity contribution < 1.29 is 5.11 Å². The first-order valence-corrected chi connectivity index (χ1v) is 11.8. The Morgan fingerprint density at radius 1 is 1.03 bits per heavy atom. The summed E-state index contributed by atoms with van der Waals surface area (Å²) >= 11 is 3.11. The van der Waals surface area contributed by atoms with Crippen LogP contribution >= 0.6 is 22.7 Å². The molecule has 0 spiro atoms. The number of allylic oxidation sites excluding steroid dienone is 1. The summed E-state index contributed by atoms with van der Waals surface area (Å²) in [6.07, 6.45) is 3.75. The minimum atomic E-state index is -0.110. The van der Waals surface area contributed by atoms with Crippen LogP contribution in [0.15, 0.2) is 81.4 Å². The zero-order valence-corrected chi connectivity index (χ0v) is 18.1. The summed E-state index contributed by atoms with van der Waals surface area (Å²) in [5.74, 6) is 0.211. The third kappa shape index (κ3) is 3.02. The van der Waals surface area contributed by atoms with Crippen LogP contribution < -0.4 is 14.9 Å². The first kappa shape index (κ1) is 18.5. The Bertz CT molecular complexity index is 1510. The van der Waals surface area contributed by atoms with Gasteiger partial charge in [0.05, 0.1) is 16.3 Å². The Balaban J connectivity index is 1.62. The van der Waals surface area contributed by atoms with E-state index in [-0.39, 0.29) is 17.4 Å². The highest BCUT2D eigenvalue weighted by Crippen LogP contribution is 2.42. The van der Waals surface area contributed by atoms with Crippen LogP contribution in [0.2, 0.25) is 0 Å². The summed E-state index contributed by atoms with van der Waals surface area (Å²) in [7, 11) is 0. The standard InChI is InChI=1S/C25H18N2O2S2/c28-17-10-7-15(8-11-17)14-21-24(29)27-23(20-6-3-13-30-20)19-12-9-16-4-1-2-5-18(16)22(19)26-25(27)31-21/h1-8,10-11,13-14,23,28H,9,12H2/b21-14+. The van der Waals surface area contributed by atoms with Crippen molar-refractivity contribution >= 4 is 34.4 Å². The van der Waals surface area contributed by atoms with E-state index in [1.807, 2.05) is 28.8 Å². The van der Waals surface area contributed by atoms with Crippen molar-refractivity contribution in [1.82, 2.24) is 4.57 Å². The zero-order chi connectivity index (χ0) is 20.9. The summed E-state index contributed by atoms with van der Waals surface area (Å²) in [4.78, 5) is 20.4. The summed E-state index contributed by atoms with van der Waals surface area (Å²) in [6, 6.07) is 19.4. The van der Waals surface area contributed by atoms with Gasteiger partial charge in [0, 0.05) is 10.4 Å². The van der Waals surface area contributed by atoms with Gasteiger partial charge in [0.15, 0.2) is 4.80 Å². The molecule has 2 aliphatic rings. The second-order valence-electron chi connectivity index (χ2n) is 7.72. The lowest BCUT2D eigenvalue weighted by atomic mass is 9.85. The fourth-order valence-corrected chi connectivity index (χ4v) is 6.29. The Morgan fingerprint density at radius 3 is 2.68 bits per heavy atom. The number of phenolic OH excluding ortho intramolecular Hbond substituents is 1. The molecule has 0 saturated heterocycles. The van der Waals surface area contributed by atoms with Crippen LogP contribution in [0.4, 0.5) is 0 Å². The number of rotatable bonds is 2. The van der Waals surface area contributed by atoms with Crippen LogP contribution in [0.5, 0.6) is 5.75 Å². The average molecular weight is 443 g/mol. The largest absolute Gasteiger partial charge is 0.508 e. The molecule has 0 radical (unpaired) electrons. The van der Waals surface area contributed by atoms with Gasteiger partial charge in [-0.15, -0.1) is 11.3 Å². The number of hydrogen-bond donors (Lipinski definition) is 1. The lowest BCUT2D eigenvalue weighted by molar-refractivity contribution is 0.475. The zero-order valence-electron chi connectivity index (χ0n) is 16.5. The molecule has 0 amide bonds. The van der Waals surface area contributed by atoms with E-state index in [9.17, 15) is 9.90 Å². The van der Waals surface area contributed by atoms with Gasteiger partial charge >= 0.3 is 0 Å². The molecule has 6 heteroatoms. The van der Waals surface area contributed by atoms with Crippen LogP contribution in [-0.2, 0) is 6.42 Å². The lowest BCUT2D eigenvalue weighted by Crippen LogP contribution is -2.38. The number of benzene rings is 2. The van der Waals surface area contributed by atoms with Crippen molar-refractivity contribution in [2.75, 3.05) is 0 Å². The summed E-state index contributed by atoms with van der Waals surface area (Å²) in [5.41, 5.74) is 5.62. The molecule has 0 saturated carbocycles. The molecule has 1 aliphatic heterocycles. The number of thiophene rings is 1. The highest BCUT2D eigenvalue weighted by atomic mass is 32.1. The quantitative estimate of drug-likeness (QED) is 0.509. The number of phenols is 1. The highest BCUT2D eigenvalue weighted by molar-refractivity contribution is 7.10. The smallest absolute Gasteiger partial charge is 0.271 e. The Hall–Kier alpha value is -3.22. The Labute approximate surface area is 186 Å². The fraction of sp³-hybridized carbons (Fsp3) is 0.120. The molecule has 1 atom stereocenters. The van der Waals surface area contributed by atoms with Gasteiger partial charge in [0.2, 0.25) is 0 Å². The maximum Gasteiger partial charge on any atom is 0.271 e. The first-order chi connectivity index (χ1) is 15.2. The van der Waals surface area contributed by atoms with Crippen molar-refractivity contribution in [2.24, 2.45) is 4.99 Å². The fourth-order valence-electron chi connectivity index (χ4n) is 4.44. The van der Waals surface area contributed by atoms with Gasteiger partial charge in [-0.05, 0) is 59.2 Å². The lowest BCUT2D eigenvalue weighted by Gasteiger charge is -2.30. The van der Waals surface area contributed by atoms with E-state index < -0.39 is 0 Å². The SMILES string of the molecule is O=c1/c(=C\c2ccc(O)cc2)sc2n1C(c1cccs1)C1=C(N=2)c2ccccc2CC1. The topological polar surface area (TPSA) is 54.6 Å². The molecular formula is C25H18N2O2S2. The van der Waals surface area contributed by atoms with Gasteiger partial charge in [-0.2, -0.15) is 0 Å². The molecule has 31 heavy (non-hydrogen) atoms. The van der Waals surface area contributed by atoms with Gasteiger partial charge in [-0.1, -0.05) is 53.8 Å². The second kappa shape index (κ2) is 7.18. The predicted octanol–water partition coefficient (Wildman–Crippen LogP) is 4.09. The number of nitrogens with zero attached hydrogens (tertiary/aromatic N) is 2. The minimum Gasteiger partial charge on any atom is -0.508 e. The molecule has 3 heterocycles. The van der Waals surface area contributed by atoms with Crippen LogP contribution in [0.25, 0.3) is 11.8 Å². The predicted molar refractivity (Wildman–Crippen MR) is 125 cm³/mol. The maximum atomic E-state index is 13.5. The first-order valence-electron chi connectivity index (χ1n) is 10.1. The monoisotopic (exact) mass is 442 g/mol. The van der Waals surface area contributed by atoms with E-state index in [0.29, 0.717) is 4.53 Å². The van der Waals surface area contributed by atoms with Crippen molar-refractivity contribution in [3.8, 4) is 5.75 Å². The normalized spacial score (nSPS) is 17.7. The van der Waals surface area contributed by atoms with Gasteiger partial charge in [-0.25, -0.2) is 4.99 Å². The van der Waals surface area contributed by atoms with E-state index in [2.05, 4.69) is 35.7 Å². The number of aromatic hydroxyl groups is 1. The third-order valence-corrected chi connectivity index (χ3v) is 7.78. The molecule has 4 nitrogen and oxygen atoms in total. The van der Waals surface area contributed by atoms with Crippen LogP contribution in [-0.4, -0.2) is 9.67 Å². The summed E-state index contributed by atoms with van der Waals surface area (Å²) < 4.78 is 2.52. The molecular weight excluding hydrogens is 424 g/mol. The van der Waals surface area contributed by atoms with E-state index >= 15 is 0 Å². The molecule has 0 fully saturated rings. The summed E-state index contributed by atoms with van der Waals surface area (Å²) in [5, 5.41) is 11.6. The van der Waals surface area contributed by atoms with Crippen LogP contribution in [0, 0.1) is 0 Å². The van der Waals surface area contributed by atoms with E-state index in [4.69, 9.17) is 4.99 Å². The van der Waals surface area contributed by atoms with Crippen LogP contribution in [0.1, 0.15) is 34.0 Å². The molecule has 152 valence electrons. The van der Waals surface area contributed by atoms with Gasteiger partial charge in [0.25, 0.3) is 5.56 Å². The molecule has 2 aromatic carbocycles. The third-order valence-electron chi connectivity index (χ3n) is 5.88. The molecule has 6 rings (SSSR count). The van der Waals surface area contributed by atoms with Crippen molar-refractivity contribution in [2.45, 2.75) is 18.9 Å². The molecule has 4 aromatic rings. The molecule has 1 aliphatic carbocycles. The number of fused-ring (bicyclic) bond motifs is 3. The number of aryl methyl sites for hydroxylation is 1. The number of hydrogen-bond acceptors (Lipinski definition) is 5. The minimum absolute atomic E-state index is 0.0133. The van der Waals surface area contributed by atoms with Crippen molar-refractivity contribution in [1.29, 1.82) is 0 Å². The average Bonchev–Trinajstić information content (AvgIpc) is 3.43. The Kier molecular flexibility index (Phi) is 4.30. The number of aromatic nitrogens is 1. The number of thiazole rings is 1. The van der Waals surface area contributed by atoms with Crippen molar-refractivity contribution in [3.63, 3.8) is 0 Å². The van der Waals surface area contributed by atoms with E-state index in [1.54, 1.807) is 23.5 Å². The van der Waals surface area contributed by atoms with E-state index in [0.717, 1.165) is 28.9 Å².